The second-order valence-corrected chi connectivity index (χ2v) is 8.79. The molecule has 0 aliphatic carbocycles. The van der Waals surface area contributed by atoms with Crippen LogP contribution in [0.4, 0.5) is 5.69 Å². The Kier molecular flexibility index (Phi) is 4.55. The van der Waals surface area contributed by atoms with Gasteiger partial charge in [-0.05, 0) is 31.6 Å². The van der Waals surface area contributed by atoms with E-state index in [-0.39, 0.29) is 11.7 Å². The number of aromatic nitrogens is 1. The number of hydrogen-bond donors (Lipinski definition) is 0. The molecule has 5 nitrogen and oxygen atoms in total. The van der Waals surface area contributed by atoms with Gasteiger partial charge in [0.05, 0.1) is 11.5 Å². The number of anilines is 1. The average Bonchev–Trinajstić information content (AvgIpc) is 2.48. The van der Waals surface area contributed by atoms with Crippen molar-refractivity contribution in [3.8, 4) is 0 Å². The lowest BCUT2D eigenvalue weighted by Gasteiger charge is -2.41. The second-order valence-electron chi connectivity index (χ2n) is 6.56. The van der Waals surface area contributed by atoms with Crippen LogP contribution in [-0.2, 0) is 9.84 Å². The zero-order valence-electron chi connectivity index (χ0n) is 13.6. The first-order chi connectivity index (χ1) is 10.9. The van der Waals surface area contributed by atoms with Crippen molar-refractivity contribution in [2.75, 3.05) is 50.1 Å². The van der Waals surface area contributed by atoms with Gasteiger partial charge in [-0.2, -0.15) is 0 Å². The van der Waals surface area contributed by atoms with Crippen molar-refractivity contribution in [1.82, 2.24) is 9.88 Å². The van der Waals surface area contributed by atoms with Gasteiger partial charge in [0.25, 0.3) is 0 Å². The summed E-state index contributed by atoms with van der Waals surface area (Å²) in [5.74, 6) is 0.767. The van der Waals surface area contributed by atoms with Crippen LogP contribution in [0.2, 0.25) is 0 Å². The molecule has 0 amide bonds. The summed E-state index contributed by atoms with van der Waals surface area (Å²) < 4.78 is 24.3. The van der Waals surface area contributed by atoms with Gasteiger partial charge in [-0.15, -0.1) is 0 Å². The van der Waals surface area contributed by atoms with Crippen LogP contribution in [-0.4, -0.2) is 63.5 Å². The highest BCUT2D eigenvalue weighted by molar-refractivity contribution is 7.91. The molecule has 1 fully saturated rings. The molecule has 2 aromatic rings. The highest BCUT2D eigenvalue weighted by atomic mass is 32.2. The van der Waals surface area contributed by atoms with E-state index in [4.69, 9.17) is 0 Å². The fourth-order valence-electron chi connectivity index (χ4n) is 3.01. The molecule has 3 rings (SSSR count). The van der Waals surface area contributed by atoms with Crippen molar-refractivity contribution in [1.29, 1.82) is 0 Å². The summed E-state index contributed by atoms with van der Waals surface area (Å²) in [7, 11) is 0.830. The molecular weight excluding hydrogens is 310 g/mol. The molecule has 0 N–H and O–H groups in total. The van der Waals surface area contributed by atoms with E-state index in [2.05, 4.69) is 22.0 Å². The average molecular weight is 333 g/mol. The Morgan fingerprint density at radius 1 is 1.26 bits per heavy atom. The lowest BCUT2D eigenvalue weighted by molar-refractivity contribution is 0.424. The van der Waals surface area contributed by atoms with Gasteiger partial charge >= 0.3 is 0 Å². The Hall–Kier alpha value is -1.66. The normalized spacial score (nSPS) is 16.0. The summed E-state index contributed by atoms with van der Waals surface area (Å²) in [5.41, 5.74) is 1.15. The molecule has 2 heterocycles. The zero-order valence-corrected chi connectivity index (χ0v) is 14.5. The van der Waals surface area contributed by atoms with Gasteiger partial charge in [-0.1, -0.05) is 12.1 Å². The molecule has 0 saturated carbocycles. The first-order valence-corrected chi connectivity index (χ1v) is 9.69. The lowest BCUT2D eigenvalue weighted by Crippen LogP contribution is -2.50. The van der Waals surface area contributed by atoms with E-state index in [0.717, 1.165) is 24.2 Å². The monoisotopic (exact) mass is 333 g/mol. The van der Waals surface area contributed by atoms with E-state index in [9.17, 15) is 8.42 Å². The summed E-state index contributed by atoms with van der Waals surface area (Å²) in [6, 6.07) is 8.20. The molecule has 0 radical (unpaired) electrons. The quantitative estimate of drug-likeness (QED) is 0.804. The van der Waals surface area contributed by atoms with Crippen molar-refractivity contribution >= 4 is 26.3 Å². The van der Waals surface area contributed by atoms with E-state index in [1.54, 1.807) is 6.20 Å². The number of fused-ring (bicyclic) bond motifs is 1. The number of nitrogens with zero attached hydrogens (tertiary/aromatic N) is 3. The molecule has 124 valence electrons. The third kappa shape index (κ3) is 3.82. The summed E-state index contributed by atoms with van der Waals surface area (Å²) in [6.07, 6.45) is 3.67. The van der Waals surface area contributed by atoms with Crippen LogP contribution in [0.1, 0.15) is 0 Å². The van der Waals surface area contributed by atoms with Crippen molar-refractivity contribution in [3.63, 3.8) is 0 Å². The third-order valence-electron chi connectivity index (χ3n) is 4.30. The maximum atomic E-state index is 12.1. The van der Waals surface area contributed by atoms with Gasteiger partial charge in [-0.25, -0.2) is 8.42 Å². The molecule has 1 aliphatic heterocycles. The second kappa shape index (κ2) is 6.45. The van der Waals surface area contributed by atoms with Crippen molar-refractivity contribution in [3.05, 3.63) is 36.7 Å². The number of benzene rings is 1. The Bertz CT molecular complexity index is 778. The predicted octanol–water partition coefficient (Wildman–Crippen LogP) is 1.65. The van der Waals surface area contributed by atoms with Crippen molar-refractivity contribution in [2.24, 2.45) is 5.92 Å². The Morgan fingerprint density at radius 2 is 2.04 bits per heavy atom. The fraction of sp³-hybridized carbons (Fsp3) is 0.471. The number of sulfone groups is 1. The minimum absolute atomic E-state index is 0.231. The summed E-state index contributed by atoms with van der Waals surface area (Å²) >= 11 is 0. The maximum absolute atomic E-state index is 12.1. The van der Waals surface area contributed by atoms with Crippen LogP contribution in [0.25, 0.3) is 10.8 Å². The van der Waals surface area contributed by atoms with E-state index >= 15 is 0 Å². The smallest absolute Gasteiger partial charge is 0.151 e. The molecule has 1 aromatic heterocycles. The lowest BCUT2D eigenvalue weighted by atomic mass is 10.00. The van der Waals surface area contributed by atoms with Gasteiger partial charge in [-0.3, -0.25) is 4.98 Å². The molecule has 0 spiro atoms. The van der Waals surface area contributed by atoms with Crippen LogP contribution >= 0.6 is 0 Å². The van der Waals surface area contributed by atoms with Gasteiger partial charge in [0, 0.05) is 49.0 Å². The minimum atomic E-state index is -2.97. The first kappa shape index (κ1) is 16.2. The topological polar surface area (TPSA) is 53.5 Å². The third-order valence-corrected chi connectivity index (χ3v) is 6.08. The van der Waals surface area contributed by atoms with E-state index in [0.29, 0.717) is 12.3 Å². The maximum Gasteiger partial charge on any atom is 0.151 e. The molecule has 6 heteroatoms. The van der Waals surface area contributed by atoms with Crippen LogP contribution in [0.5, 0.6) is 0 Å². The first-order valence-electron chi connectivity index (χ1n) is 7.87. The minimum Gasteiger partial charge on any atom is -0.370 e. The van der Waals surface area contributed by atoms with Crippen LogP contribution in [0, 0.1) is 5.92 Å². The molecule has 1 aliphatic rings. The highest BCUT2D eigenvalue weighted by Gasteiger charge is 2.31. The van der Waals surface area contributed by atoms with Gasteiger partial charge in [0.15, 0.2) is 9.84 Å². The van der Waals surface area contributed by atoms with Crippen molar-refractivity contribution < 1.29 is 8.42 Å². The Morgan fingerprint density at radius 3 is 2.78 bits per heavy atom. The Labute approximate surface area is 137 Å². The molecule has 0 unspecified atom stereocenters. The van der Waals surface area contributed by atoms with Crippen LogP contribution in [0.15, 0.2) is 36.7 Å². The highest BCUT2D eigenvalue weighted by Crippen LogP contribution is 2.31. The number of pyridine rings is 1. The van der Waals surface area contributed by atoms with Gasteiger partial charge in [0.2, 0.25) is 0 Å². The van der Waals surface area contributed by atoms with Crippen molar-refractivity contribution in [2.45, 2.75) is 0 Å². The summed E-state index contributed by atoms with van der Waals surface area (Å²) in [4.78, 5) is 8.36. The SMILES string of the molecule is CN(C)CCS(=O)(=O)CC1CN(c2cccc3ccncc23)C1. The molecular formula is C17H23N3O2S. The summed E-state index contributed by atoms with van der Waals surface area (Å²) in [6.45, 7) is 2.19. The predicted molar refractivity (Wildman–Crippen MR) is 94.7 cm³/mol. The molecule has 23 heavy (non-hydrogen) atoms. The van der Waals surface area contributed by atoms with Crippen LogP contribution < -0.4 is 4.90 Å². The standard InChI is InChI=1S/C17H23N3O2S/c1-19(2)8-9-23(21,22)13-14-11-20(12-14)17-5-3-4-15-6-7-18-10-16(15)17/h3-7,10,14H,8-9,11-13H2,1-2H3. The van der Waals surface area contributed by atoms with Crippen LogP contribution in [0.3, 0.4) is 0 Å². The van der Waals surface area contributed by atoms with E-state index in [1.807, 2.05) is 37.3 Å². The zero-order chi connectivity index (χ0) is 16.4. The molecule has 1 aromatic carbocycles. The van der Waals surface area contributed by atoms with Gasteiger partial charge < -0.3 is 9.80 Å². The number of hydrogen-bond acceptors (Lipinski definition) is 5. The largest absolute Gasteiger partial charge is 0.370 e. The molecule has 0 atom stereocenters. The Balaban J connectivity index is 1.63. The molecule has 0 bridgehead atoms. The fourth-order valence-corrected chi connectivity index (χ4v) is 4.75. The summed E-state index contributed by atoms with van der Waals surface area (Å²) in [5, 5.41) is 2.29. The molecule has 1 saturated heterocycles. The number of rotatable bonds is 6. The van der Waals surface area contributed by atoms with E-state index in [1.165, 1.54) is 5.39 Å². The van der Waals surface area contributed by atoms with E-state index < -0.39 is 9.84 Å². The van der Waals surface area contributed by atoms with Gasteiger partial charge in [0.1, 0.15) is 0 Å².